The summed E-state index contributed by atoms with van der Waals surface area (Å²) < 4.78 is 0. The lowest BCUT2D eigenvalue weighted by Crippen LogP contribution is -2.41. The molecule has 2 rings (SSSR count). The second-order valence-corrected chi connectivity index (χ2v) is 4.89. The van der Waals surface area contributed by atoms with Gasteiger partial charge in [-0.15, -0.1) is 0 Å². The van der Waals surface area contributed by atoms with E-state index in [9.17, 15) is 14.7 Å². The topological polar surface area (TPSA) is 78.4 Å². The summed E-state index contributed by atoms with van der Waals surface area (Å²) >= 11 is 11.6. The van der Waals surface area contributed by atoms with Crippen molar-refractivity contribution in [1.82, 2.24) is 10.9 Å². The Hall–Kier alpha value is -2.24. The lowest BCUT2D eigenvalue weighted by Gasteiger charge is -2.09. The monoisotopic (exact) mass is 324 g/mol. The first-order valence-corrected chi connectivity index (χ1v) is 6.58. The van der Waals surface area contributed by atoms with E-state index >= 15 is 0 Å². The number of hydrogen-bond donors (Lipinski definition) is 3. The van der Waals surface area contributed by atoms with Gasteiger partial charge in [-0.1, -0.05) is 35.3 Å². The average Bonchev–Trinajstić information content (AvgIpc) is 2.45. The SMILES string of the molecule is O=C(NNC(=O)c1ccc(Cl)cc1Cl)c1ccccc1O. The van der Waals surface area contributed by atoms with Crippen LogP contribution in [0.2, 0.25) is 10.0 Å². The fourth-order valence-electron chi connectivity index (χ4n) is 1.59. The largest absolute Gasteiger partial charge is 0.507 e. The molecule has 0 aliphatic carbocycles. The molecule has 0 aromatic heterocycles. The highest BCUT2D eigenvalue weighted by molar-refractivity contribution is 6.36. The van der Waals surface area contributed by atoms with Gasteiger partial charge in [0.05, 0.1) is 16.1 Å². The van der Waals surface area contributed by atoms with Crippen LogP contribution in [0.15, 0.2) is 42.5 Å². The Morgan fingerprint density at radius 1 is 0.905 bits per heavy atom. The van der Waals surface area contributed by atoms with Crippen LogP contribution >= 0.6 is 23.2 Å². The Kier molecular flexibility index (Phi) is 4.67. The standard InChI is InChI=1S/C14H10Cl2N2O3/c15-8-5-6-9(11(16)7-8)13(20)17-18-14(21)10-3-1-2-4-12(10)19/h1-7,19H,(H,17,20)(H,18,21). The van der Waals surface area contributed by atoms with E-state index in [1.54, 1.807) is 12.1 Å². The van der Waals surface area contributed by atoms with Crippen LogP contribution < -0.4 is 10.9 Å². The number of amides is 2. The van der Waals surface area contributed by atoms with Gasteiger partial charge in [-0.05, 0) is 30.3 Å². The number of nitrogens with one attached hydrogen (secondary N) is 2. The van der Waals surface area contributed by atoms with E-state index in [0.29, 0.717) is 5.02 Å². The fourth-order valence-corrected chi connectivity index (χ4v) is 2.08. The van der Waals surface area contributed by atoms with Gasteiger partial charge in [-0.25, -0.2) is 0 Å². The molecule has 0 saturated heterocycles. The molecule has 0 unspecified atom stereocenters. The first-order valence-electron chi connectivity index (χ1n) is 5.83. The van der Waals surface area contributed by atoms with E-state index < -0.39 is 11.8 Å². The Labute approximate surface area is 130 Å². The normalized spacial score (nSPS) is 10.0. The molecule has 3 N–H and O–H groups in total. The molecule has 0 heterocycles. The maximum Gasteiger partial charge on any atom is 0.273 e. The van der Waals surface area contributed by atoms with Crippen LogP contribution in [0.25, 0.3) is 0 Å². The number of halogens is 2. The van der Waals surface area contributed by atoms with Crippen LogP contribution in [0.1, 0.15) is 20.7 Å². The van der Waals surface area contributed by atoms with Crippen LogP contribution in [-0.4, -0.2) is 16.9 Å². The van der Waals surface area contributed by atoms with E-state index in [-0.39, 0.29) is 21.9 Å². The van der Waals surface area contributed by atoms with Gasteiger partial charge in [-0.3, -0.25) is 20.4 Å². The number of phenols is 1. The summed E-state index contributed by atoms with van der Waals surface area (Å²) in [7, 11) is 0. The van der Waals surface area contributed by atoms with Crippen LogP contribution in [0, 0.1) is 0 Å². The molecule has 0 fully saturated rings. The third-order valence-electron chi connectivity index (χ3n) is 2.61. The van der Waals surface area contributed by atoms with Gasteiger partial charge in [0.15, 0.2) is 0 Å². The zero-order chi connectivity index (χ0) is 15.4. The summed E-state index contributed by atoms with van der Waals surface area (Å²) in [6.07, 6.45) is 0. The van der Waals surface area contributed by atoms with Gasteiger partial charge < -0.3 is 5.11 Å². The number of hydrogen-bond acceptors (Lipinski definition) is 3. The van der Waals surface area contributed by atoms with Gasteiger partial charge in [-0.2, -0.15) is 0 Å². The number of carbonyl (C=O) groups excluding carboxylic acids is 2. The summed E-state index contributed by atoms with van der Waals surface area (Å²) in [5, 5.41) is 10.1. The molecule has 2 amide bonds. The Morgan fingerprint density at radius 3 is 2.14 bits per heavy atom. The maximum absolute atomic E-state index is 11.9. The maximum atomic E-state index is 11.9. The van der Waals surface area contributed by atoms with Gasteiger partial charge in [0.25, 0.3) is 11.8 Å². The summed E-state index contributed by atoms with van der Waals surface area (Å²) in [5.41, 5.74) is 4.60. The van der Waals surface area contributed by atoms with Crippen molar-refractivity contribution in [2.45, 2.75) is 0 Å². The molecule has 0 spiro atoms. The van der Waals surface area contributed by atoms with Crippen LogP contribution in [0.4, 0.5) is 0 Å². The highest BCUT2D eigenvalue weighted by Crippen LogP contribution is 2.20. The molecule has 0 aliphatic rings. The first-order chi connectivity index (χ1) is 9.99. The van der Waals surface area contributed by atoms with E-state index in [0.717, 1.165) is 0 Å². The van der Waals surface area contributed by atoms with Gasteiger partial charge in [0.2, 0.25) is 0 Å². The van der Waals surface area contributed by atoms with Crippen molar-refractivity contribution in [3.63, 3.8) is 0 Å². The number of phenolic OH excluding ortho intramolecular Hbond substituents is 1. The molecular weight excluding hydrogens is 315 g/mol. The summed E-state index contributed by atoms with van der Waals surface area (Å²) in [4.78, 5) is 23.7. The van der Waals surface area contributed by atoms with E-state index in [2.05, 4.69) is 10.9 Å². The quantitative estimate of drug-likeness (QED) is 0.743. The second kappa shape index (κ2) is 6.47. The number of hydrazine groups is 1. The van der Waals surface area contributed by atoms with Gasteiger partial charge >= 0.3 is 0 Å². The molecule has 0 saturated carbocycles. The summed E-state index contributed by atoms with van der Waals surface area (Å²) in [6, 6.07) is 10.3. The molecule has 5 nitrogen and oxygen atoms in total. The lowest BCUT2D eigenvalue weighted by atomic mass is 10.2. The number of carbonyl (C=O) groups is 2. The Balaban J connectivity index is 2.04. The van der Waals surface area contributed by atoms with Gasteiger partial charge in [0.1, 0.15) is 5.75 Å². The molecule has 0 bridgehead atoms. The zero-order valence-corrected chi connectivity index (χ0v) is 12.1. The number of para-hydroxylation sites is 1. The van der Waals surface area contributed by atoms with Crippen molar-refractivity contribution in [2.75, 3.05) is 0 Å². The zero-order valence-electron chi connectivity index (χ0n) is 10.6. The molecule has 0 radical (unpaired) electrons. The molecular formula is C14H10Cl2N2O3. The highest BCUT2D eigenvalue weighted by atomic mass is 35.5. The predicted octanol–water partition coefficient (Wildman–Crippen LogP) is 2.77. The summed E-state index contributed by atoms with van der Waals surface area (Å²) in [6.45, 7) is 0. The van der Waals surface area contributed by atoms with E-state index in [1.807, 2.05) is 0 Å². The minimum absolute atomic E-state index is 0.0417. The molecule has 108 valence electrons. The predicted molar refractivity (Wildman–Crippen MR) is 79.5 cm³/mol. The average molecular weight is 325 g/mol. The third kappa shape index (κ3) is 3.65. The minimum atomic E-state index is -0.647. The first kappa shape index (κ1) is 15.2. The van der Waals surface area contributed by atoms with Crippen molar-refractivity contribution < 1.29 is 14.7 Å². The molecule has 7 heteroatoms. The highest BCUT2D eigenvalue weighted by Gasteiger charge is 2.14. The molecule has 21 heavy (non-hydrogen) atoms. The molecule has 2 aromatic rings. The van der Waals surface area contributed by atoms with Gasteiger partial charge in [0, 0.05) is 5.02 Å². The second-order valence-electron chi connectivity index (χ2n) is 4.05. The third-order valence-corrected chi connectivity index (χ3v) is 3.16. The number of rotatable bonds is 2. The smallest absolute Gasteiger partial charge is 0.273 e. The Morgan fingerprint density at radius 2 is 1.52 bits per heavy atom. The fraction of sp³-hybridized carbons (Fsp3) is 0. The van der Waals surface area contributed by atoms with E-state index in [4.69, 9.17) is 23.2 Å². The van der Waals surface area contributed by atoms with Crippen molar-refractivity contribution >= 4 is 35.0 Å². The lowest BCUT2D eigenvalue weighted by molar-refractivity contribution is 0.0845. The van der Waals surface area contributed by atoms with Crippen LogP contribution in [0.5, 0.6) is 5.75 Å². The van der Waals surface area contributed by atoms with Crippen molar-refractivity contribution in [2.24, 2.45) is 0 Å². The molecule has 0 aliphatic heterocycles. The number of benzene rings is 2. The molecule has 0 atom stereocenters. The Bertz CT molecular complexity index is 704. The summed E-state index contributed by atoms with van der Waals surface area (Å²) in [5.74, 6) is -1.43. The van der Waals surface area contributed by atoms with E-state index in [1.165, 1.54) is 30.3 Å². The van der Waals surface area contributed by atoms with Crippen LogP contribution in [-0.2, 0) is 0 Å². The van der Waals surface area contributed by atoms with Crippen molar-refractivity contribution in [3.8, 4) is 5.75 Å². The minimum Gasteiger partial charge on any atom is -0.507 e. The van der Waals surface area contributed by atoms with Crippen LogP contribution in [0.3, 0.4) is 0 Å². The van der Waals surface area contributed by atoms with Crippen molar-refractivity contribution in [3.05, 3.63) is 63.6 Å². The van der Waals surface area contributed by atoms with Crippen molar-refractivity contribution in [1.29, 1.82) is 0 Å². The molecule has 2 aromatic carbocycles. The number of aromatic hydroxyl groups is 1.